The average Bonchev–Trinajstić information content (AvgIpc) is 2.79. The van der Waals surface area contributed by atoms with Gasteiger partial charge in [0.25, 0.3) is 0 Å². The summed E-state index contributed by atoms with van der Waals surface area (Å²) in [4.78, 5) is 7.21. The van der Waals surface area contributed by atoms with E-state index in [-0.39, 0.29) is 5.54 Å². The van der Waals surface area contributed by atoms with Gasteiger partial charge in [-0.05, 0) is 32.9 Å². The number of morpholine rings is 1. The van der Waals surface area contributed by atoms with Gasteiger partial charge in [-0.3, -0.25) is 4.90 Å². The summed E-state index contributed by atoms with van der Waals surface area (Å²) in [6, 6.07) is 0. The average molecular weight is 267 g/mol. The van der Waals surface area contributed by atoms with Crippen molar-refractivity contribution >= 4 is 11.3 Å². The molecule has 0 radical (unpaired) electrons. The monoisotopic (exact) mass is 267 g/mol. The SMILES string of the molecule is Cc1nc(CN2CCOCC23CCNCC3)cs1. The summed E-state index contributed by atoms with van der Waals surface area (Å²) in [7, 11) is 0. The fourth-order valence-electron chi connectivity index (χ4n) is 3.04. The first kappa shape index (κ1) is 12.5. The van der Waals surface area contributed by atoms with Crippen molar-refractivity contribution in [1.82, 2.24) is 15.2 Å². The van der Waals surface area contributed by atoms with Crippen LogP contribution in [0.3, 0.4) is 0 Å². The molecule has 3 rings (SSSR count). The Morgan fingerprint density at radius 2 is 2.33 bits per heavy atom. The quantitative estimate of drug-likeness (QED) is 0.879. The summed E-state index contributed by atoms with van der Waals surface area (Å²) in [6.45, 7) is 8.06. The number of aromatic nitrogens is 1. The summed E-state index contributed by atoms with van der Waals surface area (Å²) in [5.41, 5.74) is 1.47. The molecule has 1 spiro atoms. The van der Waals surface area contributed by atoms with E-state index in [0.29, 0.717) is 0 Å². The van der Waals surface area contributed by atoms with Crippen LogP contribution in [0.25, 0.3) is 0 Å². The van der Waals surface area contributed by atoms with E-state index in [9.17, 15) is 0 Å². The minimum atomic E-state index is 0.251. The third-order valence-electron chi connectivity index (χ3n) is 4.10. The maximum absolute atomic E-state index is 5.75. The zero-order valence-electron chi connectivity index (χ0n) is 10.9. The first-order valence-corrected chi connectivity index (χ1v) is 7.61. The fourth-order valence-corrected chi connectivity index (χ4v) is 3.65. The number of hydrogen-bond acceptors (Lipinski definition) is 5. The van der Waals surface area contributed by atoms with Crippen LogP contribution in [0, 0.1) is 6.92 Å². The molecule has 18 heavy (non-hydrogen) atoms. The standard InChI is InChI=1S/C13H21N3OS/c1-11-15-12(9-18-11)8-16-6-7-17-10-13(16)2-4-14-5-3-13/h9,14H,2-8,10H2,1H3. The highest BCUT2D eigenvalue weighted by Crippen LogP contribution is 2.30. The van der Waals surface area contributed by atoms with E-state index in [1.807, 2.05) is 0 Å². The summed E-state index contributed by atoms with van der Waals surface area (Å²) in [5, 5.41) is 6.81. The van der Waals surface area contributed by atoms with Crippen LogP contribution in [-0.2, 0) is 11.3 Å². The minimum absolute atomic E-state index is 0.251. The molecule has 3 heterocycles. The molecule has 0 bridgehead atoms. The van der Waals surface area contributed by atoms with Crippen LogP contribution in [0.5, 0.6) is 0 Å². The van der Waals surface area contributed by atoms with Crippen molar-refractivity contribution in [1.29, 1.82) is 0 Å². The highest BCUT2D eigenvalue weighted by molar-refractivity contribution is 7.09. The number of rotatable bonds is 2. The third-order valence-corrected chi connectivity index (χ3v) is 4.92. The highest BCUT2D eigenvalue weighted by atomic mass is 32.1. The predicted octanol–water partition coefficient (Wildman–Crippen LogP) is 1.41. The van der Waals surface area contributed by atoms with Crippen LogP contribution in [0.1, 0.15) is 23.5 Å². The molecule has 2 aliphatic rings. The minimum Gasteiger partial charge on any atom is -0.378 e. The number of nitrogens with zero attached hydrogens (tertiary/aromatic N) is 2. The number of ether oxygens (including phenoxy) is 1. The number of hydrogen-bond donors (Lipinski definition) is 1. The molecule has 4 nitrogen and oxygen atoms in total. The molecule has 0 atom stereocenters. The molecule has 100 valence electrons. The first-order chi connectivity index (χ1) is 8.78. The molecular weight excluding hydrogens is 246 g/mol. The van der Waals surface area contributed by atoms with Gasteiger partial charge >= 0.3 is 0 Å². The van der Waals surface area contributed by atoms with Crippen molar-refractivity contribution in [3.63, 3.8) is 0 Å². The van der Waals surface area contributed by atoms with E-state index in [2.05, 4.69) is 27.5 Å². The van der Waals surface area contributed by atoms with Gasteiger partial charge in [-0.25, -0.2) is 4.98 Å². The third kappa shape index (κ3) is 2.45. The van der Waals surface area contributed by atoms with Gasteiger partial charge in [-0.2, -0.15) is 0 Å². The number of thiazole rings is 1. The Morgan fingerprint density at radius 1 is 1.50 bits per heavy atom. The normalized spacial score (nSPS) is 24.5. The zero-order chi connectivity index (χ0) is 12.4. The Kier molecular flexibility index (Phi) is 3.66. The number of aryl methyl sites for hydroxylation is 1. The Balaban J connectivity index is 1.75. The zero-order valence-corrected chi connectivity index (χ0v) is 11.8. The molecule has 2 saturated heterocycles. The summed E-state index contributed by atoms with van der Waals surface area (Å²) >= 11 is 1.75. The van der Waals surface area contributed by atoms with E-state index in [1.165, 1.54) is 18.5 Å². The van der Waals surface area contributed by atoms with Gasteiger partial charge in [-0.1, -0.05) is 0 Å². The maximum Gasteiger partial charge on any atom is 0.0897 e. The Morgan fingerprint density at radius 3 is 3.06 bits per heavy atom. The predicted molar refractivity (Wildman–Crippen MR) is 72.9 cm³/mol. The first-order valence-electron chi connectivity index (χ1n) is 6.73. The van der Waals surface area contributed by atoms with Gasteiger partial charge in [0.1, 0.15) is 0 Å². The molecule has 1 aromatic rings. The van der Waals surface area contributed by atoms with Crippen LogP contribution in [0.15, 0.2) is 5.38 Å². The molecule has 0 saturated carbocycles. The molecule has 0 unspecified atom stereocenters. The lowest BCUT2D eigenvalue weighted by Gasteiger charge is -2.49. The summed E-state index contributed by atoms with van der Waals surface area (Å²) < 4.78 is 5.75. The maximum atomic E-state index is 5.75. The summed E-state index contributed by atoms with van der Waals surface area (Å²) in [6.07, 6.45) is 2.38. The lowest BCUT2D eigenvalue weighted by atomic mass is 9.86. The molecule has 1 N–H and O–H groups in total. The van der Waals surface area contributed by atoms with Crippen molar-refractivity contribution < 1.29 is 4.74 Å². The number of nitrogens with one attached hydrogen (secondary N) is 1. The van der Waals surface area contributed by atoms with Crippen molar-refractivity contribution in [3.05, 3.63) is 16.1 Å². The van der Waals surface area contributed by atoms with Gasteiger partial charge in [0, 0.05) is 24.0 Å². The van der Waals surface area contributed by atoms with E-state index in [1.54, 1.807) is 11.3 Å². The van der Waals surface area contributed by atoms with Crippen molar-refractivity contribution in [2.45, 2.75) is 31.8 Å². The summed E-state index contributed by atoms with van der Waals surface area (Å²) in [5.74, 6) is 0. The van der Waals surface area contributed by atoms with Crippen molar-refractivity contribution in [2.75, 3.05) is 32.8 Å². The van der Waals surface area contributed by atoms with Gasteiger partial charge in [0.05, 0.1) is 23.9 Å². The molecule has 0 amide bonds. The molecule has 0 aliphatic carbocycles. The lowest BCUT2D eigenvalue weighted by Crippen LogP contribution is -2.60. The van der Waals surface area contributed by atoms with Crippen molar-refractivity contribution in [2.24, 2.45) is 0 Å². The van der Waals surface area contributed by atoms with Gasteiger partial charge in [0.2, 0.25) is 0 Å². The van der Waals surface area contributed by atoms with Crippen LogP contribution < -0.4 is 5.32 Å². The molecule has 0 aromatic carbocycles. The molecule has 1 aromatic heterocycles. The number of piperidine rings is 1. The molecule has 2 fully saturated rings. The topological polar surface area (TPSA) is 37.4 Å². The van der Waals surface area contributed by atoms with Crippen LogP contribution in [0.4, 0.5) is 0 Å². The highest BCUT2D eigenvalue weighted by Gasteiger charge is 2.40. The van der Waals surface area contributed by atoms with E-state index in [0.717, 1.165) is 44.4 Å². The largest absolute Gasteiger partial charge is 0.378 e. The molecule has 5 heteroatoms. The van der Waals surface area contributed by atoms with Crippen LogP contribution >= 0.6 is 11.3 Å². The van der Waals surface area contributed by atoms with Gasteiger partial charge < -0.3 is 10.1 Å². The second kappa shape index (κ2) is 5.25. The van der Waals surface area contributed by atoms with Gasteiger partial charge in [-0.15, -0.1) is 11.3 Å². The lowest BCUT2D eigenvalue weighted by molar-refractivity contribution is -0.0870. The second-order valence-electron chi connectivity index (χ2n) is 5.31. The fraction of sp³-hybridized carbons (Fsp3) is 0.769. The molecule has 2 aliphatic heterocycles. The van der Waals surface area contributed by atoms with Gasteiger partial charge in [0.15, 0.2) is 0 Å². The van der Waals surface area contributed by atoms with E-state index >= 15 is 0 Å². The van der Waals surface area contributed by atoms with Crippen molar-refractivity contribution in [3.8, 4) is 0 Å². The van der Waals surface area contributed by atoms with E-state index in [4.69, 9.17) is 4.74 Å². The Hall–Kier alpha value is -0.490. The Bertz CT molecular complexity index is 392. The van der Waals surface area contributed by atoms with Crippen LogP contribution in [-0.4, -0.2) is 48.3 Å². The second-order valence-corrected chi connectivity index (χ2v) is 6.37. The van der Waals surface area contributed by atoms with E-state index < -0.39 is 0 Å². The smallest absolute Gasteiger partial charge is 0.0897 e. The van der Waals surface area contributed by atoms with Crippen LogP contribution in [0.2, 0.25) is 0 Å². The Labute approximate surface area is 112 Å². The molecular formula is C13H21N3OS.